The lowest BCUT2D eigenvalue weighted by Crippen LogP contribution is -2.22. The first-order valence-corrected chi connectivity index (χ1v) is 5.41. The van der Waals surface area contributed by atoms with Crippen molar-refractivity contribution in [1.82, 2.24) is 5.32 Å². The van der Waals surface area contributed by atoms with Crippen LogP contribution in [0.2, 0.25) is 0 Å². The van der Waals surface area contributed by atoms with Crippen molar-refractivity contribution < 1.29 is 9.84 Å². The standard InChI is InChI=1S/C12H17NO2/c1-9(13-5-6-14)10-2-3-12-11(8-10)4-7-15-12/h2-3,8-9,13-14H,4-7H2,1H3. The van der Waals surface area contributed by atoms with Crippen LogP contribution < -0.4 is 10.1 Å². The fourth-order valence-corrected chi connectivity index (χ4v) is 1.87. The lowest BCUT2D eigenvalue weighted by molar-refractivity contribution is 0.286. The molecule has 0 bridgehead atoms. The third-order valence-corrected chi connectivity index (χ3v) is 2.78. The van der Waals surface area contributed by atoms with E-state index in [0.29, 0.717) is 6.54 Å². The van der Waals surface area contributed by atoms with E-state index in [9.17, 15) is 0 Å². The Hall–Kier alpha value is -1.06. The topological polar surface area (TPSA) is 41.5 Å². The number of aliphatic hydroxyl groups is 1. The van der Waals surface area contributed by atoms with Crippen LogP contribution >= 0.6 is 0 Å². The number of fused-ring (bicyclic) bond motifs is 1. The van der Waals surface area contributed by atoms with Gasteiger partial charge in [-0.15, -0.1) is 0 Å². The van der Waals surface area contributed by atoms with E-state index in [1.54, 1.807) is 0 Å². The lowest BCUT2D eigenvalue weighted by Gasteiger charge is -2.14. The zero-order valence-electron chi connectivity index (χ0n) is 8.99. The second-order valence-corrected chi connectivity index (χ2v) is 3.87. The van der Waals surface area contributed by atoms with Gasteiger partial charge in [0.25, 0.3) is 0 Å². The highest BCUT2D eigenvalue weighted by atomic mass is 16.5. The number of hydrogen-bond acceptors (Lipinski definition) is 3. The maximum absolute atomic E-state index is 8.73. The van der Waals surface area contributed by atoms with Crippen LogP contribution in [0.3, 0.4) is 0 Å². The first-order chi connectivity index (χ1) is 7.31. The van der Waals surface area contributed by atoms with Crippen LogP contribution in [0.1, 0.15) is 24.1 Å². The van der Waals surface area contributed by atoms with Gasteiger partial charge in [-0.25, -0.2) is 0 Å². The summed E-state index contributed by atoms with van der Waals surface area (Å²) in [7, 11) is 0. The predicted molar refractivity (Wildman–Crippen MR) is 59.1 cm³/mol. The summed E-state index contributed by atoms with van der Waals surface area (Å²) in [5.41, 5.74) is 2.55. The number of nitrogens with one attached hydrogen (secondary N) is 1. The molecule has 0 fully saturated rings. The minimum absolute atomic E-state index is 0.179. The molecule has 0 spiro atoms. The fourth-order valence-electron chi connectivity index (χ4n) is 1.87. The van der Waals surface area contributed by atoms with Gasteiger partial charge >= 0.3 is 0 Å². The van der Waals surface area contributed by atoms with Crippen LogP contribution in [0.25, 0.3) is 0 Å². The quantitative estimate of drug-likeness (QED) is 0.781. The number of aliphatic hydroxyl groups excluding tert-OH is 1. The molecule has 0 radical (unpaired) electrons. The molecule has 0 amide bonds. The van der Waals surface area contributed by atoms with Gasteiger partial charge in [-0.2, -0.15) is 0 Å². The van der Waals surface area contributed by atoms with E-state index < -0.39 is 0 Å². The summed E-state index contributed by atoms with van der Waals surface area (Å²) in [4.78, 5) is 0. The molecule has 1 heterocycles. The van der Waals surface area contributed by atoms with Crippen LogP contribution in [0.5, 0.6) is 5.75 Å². The second-order valence-electron chi connectivity index (χ2n) is 3.87. The van der Waals surface area contributed by atoms with Crippen molar-refractivity contribution in [2.45, 2.75) is 19.4 Å². The van der Waals surface area contributed by atoms with Gasteiger partial charge in [0.05, 0.1) is 13.2 Å². The average molecular weight is 207 g/mol. The van der Waals surface area contributed by atoms with Gasteiger partial charge in [0.2, 0.25) is 0 Å². The Morgan fingerprint density at radius 1 is 1.53 bits per heavy atom. The molecule has 1 unspecified atom stereocenters. The van der Waals surface area contributed by atoms with Gasteiger partial charge in [0.1, 0.15) is 5.75 Å². The molecule has 3 nitrogen and oxygen atoms in total. The average Bonchev–Trinajstić information content (AvgIpc) is 2.72. The molecule has 1 atom stereocenters. The molecule has 1 aromatic carbocycles. The molecule has 0 saturated heterocycles. The summed E-state index contributed by atoms with van der Waals surface area (Å²) in [6.45, 7) is 3.72. The van der Waals surface area contributed by atoms with Gasteiger partial charge in [-0.05, 0) is 24.1 Å². The van der Waals surface area contributed by atoms with E-state index in [4.69, 9.17) is 9.84 Å². The molecular weight excluding hydrogens is 190 g/mol. The summed E-state index contributed by atoms with van der Waals surface area (Å²) in [5.74, 6) is 1.02. The minimum atomic E-state index is 0.179. The molecule has 1 aliphatic rings. The molecule has 1 aromatic rings. The Morgan fingerprint density at radius 3 is 3.20 bits per heavy atom. The highest BCUT2D eigenvalue weighted by Gasteiger charge is 2.13. The van der Waals surface area contributed by atoms with Crippen molar-refractivity contribution in [3.8, 4) is 5.75 Å². The predicted octanol–water partition coefficient (Wildman–Crippen LogP) is 1.26. The fraction of sp³-hybridized carbons (Fsp3) is 0.500. The normalized spacial score (nSPS) is 15.9. The van der Waals surface area contributed by atoms with E-state index in [0.717, 1.165) is 18.8 Å². The number of benzene rings is 1. The summed E-state index contributed by atoms with van der Waals surface area (Å²) in [5, 5.41) is 12.0. The highest BCUT2D eigenvalue weighted by Crippen LogP contribution is 2.27. The van der Waals surface area contributed by atoms with Crippen molar-refractivity contribution in [3.63, 3.8) is 0 Å². The van der Waals surface area contributed by atoms with Crippen LogP contribution in [0, 0.1) is 0 Å². The zero-order chi connectivity index (χ0) is 10.7. The van der Waals surface area contributed by atoms with Gasteiger partial charge in [0, 0.05) is 19.0 Å². The Balaban J connectivity index is 2.08. The van der Waals surface area contributed by atoms with Gasteiger partial charge < -0.3 is 15.2 Å². The first-order valence-electron chi connectivity index (χ1n) is 5.41. The molecular formula is C12H17NO2. The number of ether oxygens (including phenoxy) is 1. The largest absolute Gasteiger partial charge is 0.493 e. The molecule has 0 saturated carbocycles. The van der Waals surface area contributed by atoms with Crippen molar-refractivity contribution in [2.75, 3.05) is 19.8 Å². The Bertz CT molecular complexity index is 338. The van der Waals surface area contributed by atoms with Crippen LogP contribution in [-0.2, 0) is 6.42 Å². The van der Waals surface area contributed by atoms with Gasteiger partial charge in [-0.3, -0.25) is 0 Å². The first kappa shape index (κ1) is 10.5. The molecule has 82 valence electrons. The van der Waals surface area contributed by atoms with Gasteiger partial charge in [0.15, 0.2) is 0 Å². The number of hydrogen-bond donors (Lipinski definition) is 2. The van der Waals surface area contributed by atoms with Crippen molar-refractivity contribution >= 4 is 0 Å². The van der Waals surface area contributed by atoms with E-state index in [-0.39, 0.29) is 12.6 Å². The van der Waals surface area contributed by atoms with E-state index in [1.165, 1.54) is 11.1 Å². The zero-order valence-corrected chi connectivity index (χ0v) is 8.99. The summed E-state index contributed by atoms with van der Waals surface area (Å²) < 4.78 is 5.45. The second kappa shape index (κ2) is 4.64. The van der Waals surface area contributed by atoms with Crippen LogP contribution in [0.15, 0.2) is 18.2 Å². The van der Waals surface area contributed by atoms with Crippen molar-refractivity contribution in [3.05, 3.63) is 29.3 Å². The molecule has 1 aliphatic heterocycles. The van der Waals surface area contributed by atoms with E-state index >= 15 is 0 Å². The van der Waals surface area contributed by atoms with E-state index in [2.05, 4.69) is 24.4 Å². The van der Waals surface area contributed by atoms with Crippen molar-refractivity contribution in [1.29, 1.82) is 0 Å². The molecule has 15 heavy (non-hydrogen) atoms. The third-order valence-electron chi connectivity index (χ3n) is 2.78. The molecule has 0 aliphatic carbocycles. The van der Waals surface area contributed by atoms with Crippen molar-refractivity contribution in [2.24, 2.45) is 0 Å². The highest BCUT2D eigenvalue weighted by molar-refractivity contribution is 5.40. The summed E-state index contributed by atoms with van der Waals surface area (Å²) in [6, 6.07) is 6.59. The Morgan fingerprint density at radius 2 is 2.40 bits per heavy atom. The molecule has 0 aromatic heterocycles. The Labute approximate surface area is 90.1 Å². The molecule has 3 heteroatoms. The third kappa shape index (κ3) is 2.30. The van der Waals surface area contributed by atoms with Gasteiger partial charge in [-0.1, -0.05) is 12.1 Å². The molecule has 2 N–H and O–H groups in total. The smallest absolute Gasteiger partial charge is 0.122 e. The Kier molecular flexibility index (Phi) is 3.23. The SMILES string of the molecule is CC(NCCO)c1ccc2c(c1)CCO2. The minimum Gasteiger partial charge on any atom is -0.493 e. The van der Waals surface area contributed by atoms with Crippen LogP contribution in [-0.4, -0.2) is 24.9 Å². The number of rotatable bonds is 4. The van der Waals surface area contributed by atoms with Crippen LogP contribution in [0.4, 0.5) is 0 Å². The summed E-state index contributed by atoms with van der Waals surface area (Å²) >= 11 is 0. The maximum Gasteiger partial charge on any atom is 0.122 e. The summed E-state index contributed by atoms with van der Waals surface area (Å²) in [6.07, 6.45) is 1.01. The van der Waals surface area contributed by atoms with E-state index in [1.807, 2.05) is 6.07 Å². The maximum atomic E-state index is 8.73. The monoisotopic (exact) mass is 207 g/mol. The molecule has 2 rings (SSSR count). The lowest BCUT2D eigenvalue weighted by atomic mass is 10.0.